The van der Waals surface area contributed by atoms with Crippen LogP contribution in [0, 0.1) is 0 Å². The van der Waals surface area contributed by atoms with Gasteiger partial charge in [0.05, 0.1) is 5.75 Å². The van der Waals surface area contributed by atoms with Crippen LogP contribution in [0.15, 0.2) is 78.0 Å². The highest BCUT2D eigenvalue weighted by molar-refractivity contribution is 7.99. The summed E-state index contributed by atoms with van der Waals surface area (Å²) in [4.78, 5) is 24.0. The molecule has 170 valence electrons. The number of ketones is 1. The van der Waals surface area contributed by atoms with Crippen LogP contribution in [-0.2, 0) is 4.79 Å². The van der Waals surface area contributed by atoms with Crippen LogP contribution in [0.2, 0.25) is 0 Å². The summed E-state index contributed by atoms with van der Waals surface area (Å²) < 4.78 is 12.8. The van der Waals surface area contributed by atoms with Gasteiger partial charge in [0, 0.05) is 22.5 Å². The number of nitrogens with one attached hydrogen (secondary N) is 1. The van der Waals surface area contributed by atoms with E-state index in [2.05, 4.69) is 15.5 Å². The highest BCUT2D eigenvalue weighted by Gasteiger charge is 2.20. The lowest BCUT2D eigenvalue weighted by Crippen LogP contribution is -2.14. The van der Waals surface area contributed by atoms with E-state index < -0.39 is 0 Å². The molecule has 0 saturated heterocycles. The van der Waals surface area contributed by atoms with E-state index in [1.807, 2.05) is 53.1 Å². The van der Waals surface area contributed by atoms with Crippen molar-refractivity contribution < 1.29 is 19.1 Å². The molecule has 5 rings (SSSR count). The number of para-hydroxylation sites is 1. The molecule has 0 radical (unpaired) electrons. The van der Waals surface area contributed by atoms with Crippen molar-refractivity contribution in [2.24, 2.45) is 0 Å². The second-order valence-electron chi connectivity index (χ2n) is 7.52. The van der Waals surface area contributed by atoms with E-state index in [0.29, 0.717) is 33.7 Å². The van der Waals surface area contributed by atoms with E-state index in [1.165, 1.54) is 18.7 Å². The molecule has 1 aliphatic heterocycles. The van der Waals surface area contributed by atoms with Crippen molar-refractivity contribution in [2.75, 3.05) is 17.9 Å². The van der Waals surface area contributed by atoms with E-state index in [0.717, 1.165) is 11.3 Å². The molecule has 1 aromatic heterocycles. The monoisotopic (exact) mass is 472 g/mol. The van der Waals surface area contributed by atoms with Gasteiger partial charge in [-0.2, -0.15) is 0 Å². The third kappa shape index (κ3) is 4.51. The number of thioether (sulfide) groups is 1. The van der Waals surface area contributed by atoms with E-state index in [9.17, 15) is 9.59 Å². The topological polar surface area (TPSA) is 95.3 Å². The molecule has 0 spiro atoms. The number of amides is 1. The van der Waals surface area contributed by atoms with Gasteiger partial charge in [-0.3, -0.25) is 14.2 Å². The number of ether oxygens (including phenoxy) is 2. The van der Waals surface area contributed by atoms with Crippen molar-refractivity contribution >= 4 is 29.1 Å². The zero-order chi connectivity index (χ0) is 23.5. The van der Waals surface area contributed by atoms with E-state index in [4.69, 9.17) is 9.47 Å². The van der Waals surface area contributed by atoms with Gasteiger partial charge in [0.1, 0.15) is 0 Å². The van der Waals surface area contributed by atoms with Crippen LogP contribution >= 0.6 is 11.8 Å². The fourth-order valence-electron chi connectivity index (χ4n) is 3.51. The predicted molar refractivity (Wildman–Crippen MR) is 129 cm³/mol. The molecule has 0 aliphatic carbocycles. The van der Waals surface area contributed by atoms with Crippen molar-refractivity contribution in [3.05, 3.63) is 78.4 Å². The summed E-state index contributed by atoms with van der Waals surface area (Å²) in [5, 5.41) is 12.2. The first-order valence-electron chi connectivity index (χ1n) is 10.5. The second-order valence-corrected chi connectivity index (χ2v) is 8.46. The highest BCUT2D eigenvalue weighted by atomic mass is 32.2. The fourth-order valence-corrected chi connectivity index (χ4v) is 4.26. The lowest BCUT2D eigenvalue weighted by Gasteiger charge is -2.11. The molecule has 0 atom stereocenters. The number of Topliss-reactive ketones (excluding diaryl/α,β-unsaturated/α-hetero) is 1. The van der Waals surface area contributed by atoms with Gasteiger partial charge in [-0.25, -0.2) is 0 Å². The number of rotatable bonds is 7. The summed E-state index contributed by atoms with van der Waals surface area (Å²) in [6, 6.07) is 22.2. The molecule has 1 aliphatic rings. The molecule has 3 aromatic carbocycles. The van der Waals surface area contributed by atoms with Crippen LogP contribution in [0.4, 0.5) is 5.69 Å². The molecular weight excluding hydrogens is 452 g/mol. The summed E-state index contributed by atoms with van der Waals surface area (Å²) in [5.74, 6) is 1.91. The summed E-state index contributed by atoms with van der Waals surface area (Å²) >= 11 is 1.29. The molecule has 2 heterocycles. The number of nitrogens with zero attached hydrogens (tertiary/aromatic N) is 3. The van der Waals surface area contributed by atoms with Gasteiger partial charge < -0.3 is 14.8 Å². The summed E-state index contributed by atoms with van der Waals surface area (Å²) in [6.45, 7) is 1.70. The van der Waals surface area contributed by atoms with E-state index in [-0.39, 0.29) is 24.2 Å². The maximum atomic E-state index is 12.6. The Morgan fingerprint density at radius 1 is 0.971 bits per heavy atom. The smallest absolute Gasteiger partial charge is 0.234 e. The number of benzene rings is 3. The highest BCUT2D eigenvalue weighted by Crippen LogP contribution is 2.37. The van der Waals surface area contributed by atoms with Gasteiger partial charge in [0.2, 0.25) is 12.7 Å². The Labute approximate surface area is 199 Å². The third-order valence-corrected chi connectivity index (χ3v) is 6.12. The Hall–Kier alpha value is -4.11. The Balaban J connectivity index is 1.37. The number of carbonyl (C=O) groups is 2. The first-order valence-corrected chi connectivity index (χ1v) is 11.5. The molecule has 1 N–H and O–H groups in total. The predicted octanol–water partition coefficient (Wildman–Crippen LogP) is 4.60. The van der Waals surface area contributed by atoms with Crippen molar-refractivity contribution in [2.45, 2.75) is 12.1 Å². The molecule has 1 amide bonds. The van der Waals surface area contributed by atoms with Crippen LogP contribution in [0.1, 0.15) is 17.3 Å². The van der Waals surface area contributed by atoms with E-state index >= 15 is 0 Å². The van der Waals surface area contributed by atoms with Gasteiger partial charge in [-0.15, -0.1) is 10.2 Å². The van der Waals surface area contributed by atoms with Crippen molar-refractivity contribution in [1.29, 1.82) is 0 Å². The number of aromatic nitrogens is 3. The van der Waals surface area contributed by atoms with Crippen LogP contribution in [-0.4, -0.2) is 39.0 Å². The van der Waals surface area contributed by atoms with Crippen LogP contribution in [0.5, 0.6) is 11.5 Å². The number of anilines is 1. The third-order valence-electron chi connectivity index (χ3n) is 5.19. The quantitative estimate of drug-likeness (QED) is 0.310. The zero-order valence-corrected chi connectivity index (χ0v) is 19.0. The molecule has 0 bridgehead atoms. The minimum atomic E-state index is -0.187. The zero-order valence-electron chi connectivity index (χ0n) is 18.2. The van der Waals surface area contributed by atoms with Gasteiger partial charge >= 0.3 is 0 Å². The van der Waals surface area contributed by atoms with E-state index in [1.54, 1.807) is 24.3 Å². The standard InChI is InChI=1S/C25H20N4O4S/c1-16(30)17-7-10-19(11-8-17)26-23(31)14-34-25-28-27-24(29(25)20-5-3-2-4-6-20)18-9-12-21-22(13-18)33-15-32-21/h2-13H,14-15H2,1H3,(H,26,31). The average Bonchev–Trinajstić information content (AvgIpc) is 3.50. The lowest BCUT2D eigenvalue weighted by molar-refractivity contribution is -0.113. The maximum Gasteiger partial charge on any atom is 0.234 e. The molecule has 0 fully saturated rings. The Bertz CT molecular complexity index is 1350. The van der Waals surface area contributed by atoms with Gasteiger partial charge in [-0.05, 0) is 61.5 Å². The molecule has 9 heteroatoms. The Morgan fingerprint density at radius 3 is 2.50 bits per heavy atom. The first-order chi connectivity index (χ1) is 16.6. The van der Waals surface area contributed by atoms with Crippen molar-refractivity contribution in [3.63, 3.8) is 0 Å². The second kappa shape index (κ2) is 9.40. The number of carbonyl (C=O) groups excluding carboxylic acids is 2. The average molecular weight is 473 g/mol. The minimum absolute atomic E-state index is 0.0213. The van der Waals surface area contributed by atoms with Crippen molar-refractivity contribution in [1.82, 2.24) is 14.8 Å². The SMILES string of the molecule is CC(=O)c1ccc(NC(=O)CSc2nnc(-c3ccc4c(c3)OCO4)n2-c2ccccc2)cc1. The fraction of sp³-hybridized carbons (Fsp3) is 0.120. The first kappa shape index (κ1) is 21.7. The number of fused-ring (bicyclic) bond motifs is 1. The number of hydrogen-bond acceptors (Lipinski definition) is 7. The van der Waals surface area contributed by atoms with Gasteiger partial charge in [0.25, 0.3) is 0 Å². The van der Waals surface area contributed by atoms with Crippen LogP contribution < -0.4 is 14.8 Å². The molecule has 4 aromatic rings. The molecule has 34 heavy (non-hydrogen) atoms. The maximum absolute atomic E-state index is 12.6. The molecule has 8 nitrogen and oxygen atoms in total. The van der Waals surface area contributed by atoms with Gasteiger partial charge in [0.15, 0.2) is 28.3 Å². The molecule has 0 saturated carbocycles. The van der Waals surface area contributed by atoms with Crippen molar-refractivity contribution in [3.8, 4) is 28.6 Å². The van der Waals surface area contributed by atoms with Crippen LogP contribution in [0.3, 0.4) is 0 Å². The molecular formula is C25H20N4O4S. The summed E-state index contributed by atoms with van der Waals surface area (Å²) in [7, 11) is 0. The Kier molecular flexibility index (Phi) is 6.01. The minimum Gasteiger partial charge on any atom is -0.454 e. The molecule has 0 unspecified atom stereocenters. The summed E-state index contributed by atoms with van der Waals surface area (Å²) in [6.07, 6.45) is 0. The number of hydrogen-bond donors (Lipinski definition) is 1. The normalized spacial score (nSPS) is 11.9. The van der Waals surface area contributed by atoms with Crippen LogP contribution in [0.25, 0.3) is 17.1 Å². The van der Waals surface area contributed by atoms with Gasteiger partial charge in [-0.1, -0.05) is 30.0 Å². The Morgan fingerprint density at radius 2 is 1.74 bits per heavy atom. The summed E-state index contributed by atoms with van der Waals surface area (Å²) in [5.41, 5.74) is 2.92. The lowest BCUT2D eigenvalue weighted by atomic mass is 10.1. The largest absolute Gasteiger partial charge is 0.454 e.